The molecular formula is C18H24N2O6. The van der Waals surface area contributed by atoms with Crippen LogP contribution in [0, 0.1) is 0 Å². The Kier molecular flexibility index (Phi) is 7.30. The average molecular weight is 364 g/mol. The van der Waals surface area contributed by atoms with Gasteiger partial charge < -0.3 is 20.1 Å². The number of nitrogens with one attached hydrogen (secondary N) is 2. The van der Waals surface area contributed by atoms with Gasteiger partial charge in [0.2, 0.25) is 5.91 Å². The zero-order chi connectivity index (χ0) is 19.9. The number of amides is 2. The standard InChI is InChI=1S/C18H24N2O6/c1-11(21)19-13-8-6-7-12(9-13)16(23)20-14(17(24)25-5)10-15(22)26-18(2,3)4/h6-9,14H,10H2,1-5H3,(H,19,21)(H,20,23)/t14-/m1/s1. The third-order valence-electron chi connectivity index (χ3n) is 3.03. The summed E-state index contributed by atoms with van der Waals surface area (Å²) < 4.78 is 9.81. The second-order valence-electron chi connectivity index (χ2n) is 6.60. The SMILES string of the molecule is COC(=O)[C@@H](CC(=O)OC(C)(C)C)NC(=O)c1cccc(NC(C)=O)c1. The first-order valence-corrected chi connectivity index (χ1v) is 8.00. The summed E-state index contributed by atoms with van der Waals surface area (Å²) in [6.07, 6.45) is -0.360. The minimum Gasteiger partial charge on any atom is -0.467 e. The van der Waals surface area contributed by atoms with Crippen LogP contribution in [0.1, 0.15) is 44.5 Å². The van der Waals surface area contributed by atoms with Gasteiger partial charge in [-0.25, -0.2) is 4.79 Å². The Balaban J connectivity index is 2.87. The summed E-state index contributed by atoms with van der Waals surface area (Å²) in [5, 5.41) is 5.01. The third-order valence-corrected chi connectivity index (χ3v) is 3.03. The lowest BCUT2D eigenvalue weighted by atomic mass is 10.1. The Morgan fingerprint density at radius 3 is 2.35 bits per heavy atom. The van der Waals surface area contributed by atoms with Crippen molar-refractivity contribution in [2.45, 2.75) is 45.8 Å². The number of esters is 2. The Morgan fingerprint density at radius 2 is 1.81 bits per heavy atom. The number of hydrogen-bond acceptors (Lipinski definition) is 6. The van der Waals surface area contributed by atoms with E-state index in [9.17, 15) is 19.2 Å². The molecule has 0 aliphatic heterocycles. The third kappa shape index (κ3) is 7.33. The first kappa shape index (κ1) is 21.1. The van der Waals surface area contributed by atoms with Crippen LogP contribution in [0.5, 0.6) is 0 Å². The Hall–Kier alpha value is -2.90. The maximum atomic E-state index is 12.4. The quantitative estimate of drug-likeness (QED) is 0.743. The molecule has 0 unspecified atom stereocenters. The van der Waals surface area contributed by atoms with Crippen molar-refractivity contribution in [2.75, 3.05) is 12.4 Å². The summed E-state index contributed by atoms with van der Waals surface area (Å²) in [6, 6.07) is 4.99. The van der Waals surface area contributed by atoms with E-state index in [1.807, 2.05) is 0 Å². The molecule has 0 aromatic heterocycles. The zero-order valence-corrected chi connectivity index (χ0v) is 15.5. The topological polar surface area (TPSA) is 111 Å². The molecule has 1 aromatic carbocycles. The van der Waals surface area contributed by atoms with Crippen molar-refractivity contribution in [3.63, 3.8) is 0 Å². The van der Waals surface area contributed by atoms with Crippen LogP contribution in [-0.2, 0) is 23.9 Å². The molecule has 2 N–H and O–H groups in total. The first-order valence-electron chi connectivity index (χ1n) is 8.00. The fourth-order valence-corrected chi connectivity index (χ4v) is 2.07. The number of ether oxygens (including phenoxy) is 2. The van der Waals surface area contributed by atoms with Crippen LogP contribution in [0.25, 0.3) is 0 Å². The highest BCUT2D eigenvalue weighted by molar-refractivity contribution is 5.99. The maximum Gasteiger partial charge on any atom is 0.328 e. The predicted molar refractivity (Wildman–Crippen MR) is 94.5 cm³/mol. The highest BCUT2D eigenvalue weighted by atomic mass is 16.6. The fraction of sp³-hybridized carbons (Fsp3) is 0.444. The summed E-state index contributed by atoms with van der Waals surface area (Å²) in [7, 11) is 1.16. The van der Waals surface area contributed by atoms with E-state index < -0.39 is 29.5 Å². The zero-order valence-electron chi connectivity index (χ0n) is 15.5. The largest absolute Gasteiger partial charge is 0.467 e. The summed E-state index contributed by atoms with van der Waals surface area (Å²) >= 11 is 0. The molecule has 142 valence electrons. The predicted octanol–water partition coefficient (Wildman–Crippen LogP) is 1.65. The molecule has 0 saturated carbocycles. The number of rotatable bonds is 6. The van der Waals surface area contributed by atoms with Crippen LogP contribution >= 0.6 is 0 Å². The maximum absolute atomic E-state index is 12.4. The van der Waals surface area contributed by atoms with E-state index in [2.05, 4.69) is 15.4 Å². The van der Waals surface area contributed by atoms with Gasteiger partial charge in [0.25, 0.3) is 5.91 Å². The molecule has 0 bridgehead atoms. The van der Waals surface area contributed by atoms with Crippen LogP contribution in [0.2, 0.25) is 0 Å². The number of carbonyl (C=O) groups excluding carboxylic acids is 4. The molecule has 0 fully saturated rings. The minimum atomic E-state index is -1.19. The van der Waals surface area contributed by atoms with E-state index in [4.69, 9.17) is 4.74 Å². The van der Waals surface area contributed by atoms with E-state index in [0.29, 0.717) is 5.69 Å². The van der Waals surface area contributed by atoms with Crippen LogP contribution in [0.15, 0.2) is 24.3 Å². The summed E-state index contributed by atoms with van der Waals surface area (Å²) in [5.41, 5.74) is -0.0599. The highest BCUT2D eigenvalue weighted by Crippen LogP contribution is 2.13. The molecule has 26 heavy (non-hydrogen) atoms. The fourth-order valence-electron chi connectivity index (χ4n) is 2.07. The van der Waals surface area contributed by atoms with Crippen LogP contribution in [0.3, 0.4) is 0 Å². The molecule has 0 radical (unpaired) electrons. The summed E-state index contributed by atoms with van der Waals surface area (Å²) in [4.78, 5) is 47.4. The van der Waals surface area contributed by atoms with Crippen molar-refractivity contribution in [1.29, 1.82) is 0 Å². The van der Waals surface area contributed by atoms with Crippen molar-refractivity contribution >= 4 is 29.4 Å². The van der Waals surface area contributed by atoms with E-state index in [-0.39, 0.29) is 17.9 Å². The number of anilines is 1. The van der Waals surface area contributed by atoms with Crippen molar-refractivity contribution in [3.05, 3.63) is 29.8 Å². The number of carbonyl (C=O) groups is 4. The lowest BCUT2D eigenvalue weighted by Gasteiger charge is -2.22. The van der Waals surface area contributed by atoms with Crippen LogP contribution in [0.4, 0.5) is 5.69 Å². The van der Waals surface area contributed by atoms with Crippen molar-refractivity contribution in [1.82, 2.24) is 5.32 Å². The van der Waals surface area contributed by atoms with Crippen LogP contribution in [-0.4, -0.2) is 42.5 Å². The molecule has 8 heteroatoms. The molecule has 1 rings (SSSR count). The van der Waals surface area contributed by atoms with E-state index >= 15 is 0 Å². The summed E-state index contributed by atoms with van der Waals surface area (Å²) in [6.45, 7) is 6.44. The van der Waals surface area contributed by atoms with Gasteiger partial charge in [0.1, 0.15) is 11.6 Å². The van der Waals surface area contributed by atoms with Gasteiger partial charge in [-0.05, 0) is 39.0 Å². The van der Waals surface area contributed by atoms with E-state index in [0.717, 1.165) is 7.11 Å². The number of benzene rings is 1. The van der Waals surface area contributed by atoms with E-state index in [1.165, 1.54) is 19.1 Å². The lowest BCUT2D eigenvalue weighted by molar-refractivity contribution is -0.158. The molecule has 0 heterocycles. The number of methoxy groups -OCH3 is 1. The molecule has 1 aromatic rings. The molecule has 1 atom stereocenters. The van der Waals surface area contributed by atoms with Gasteiger partial charge in [0.05, 0.1) is 13.5 Å². The smallest absolute Gasteiger partial charge is 0.328 e. The highest BCUT2D eigenvalue weighted by Gasteiger charge is 2.28. The van der Waals surface area contributed by atoms with Gasteiger partial charge in [0, 0.05) is 18.2 Å². The summed E-state index contributed by atoms with van der Waals surface area (Å²) in [5.74, 6) is -2.27. The number of hydrogen-bond donors (Lipinski definition) is 2. The van der Waals surface area contributed by atoms with Crippen LogP contribution < -0.4 is 10.6 Å². The van der Waals surface area contributed by atoms with E-state index in [1.54, 1.807) is 32.9 Å². The van der Waals surface area contributed by atoms with Gasteiger partial charge in [-0.15, -0.1) is 0 Å². The minimum absolute atomic E-state index is 0.217. The van der Waals surface area contributed by atoms with Crippen molar-refractivity contribution in [3.8, 4) is 0 Å². The second kappa shape index (κ2) is 8.98. The van der Waals surface area contributed by atoms with Crippen molar-refractivity contribution in [2.24, 2.45) is 0 Å². The van der Waals surface area contributed by atoms with Gasteiger partial charge in [0.15, 0.2) is 0 Å². The van der Waals surface area contributed by atoms with Crippen molar-refractivity contribution < 1.29 is 28.7 Å². The van der Waals surface area contributed by atoms with Gasteiger partial charge in [-0.2, -0.15) is 0 Å². The van der Waals surface area contributed by atoms with Gasteiger partial charge in [-0.1, -0.05) is 6.07 Å². The molecule has 2 amide bonds. The first-order chi connectivity index (χ1) is 12.0. The Morgan fingerprint density at radius 1 is 1.15 bits per heavy atom. The molecule has 8 nitrogen and oxygen atoms in total. The molecule has 0 spiro atoms. The van der Waals surface area contributed by atoms with Gasteiger partial charge in [-0.3, -0.25) is 14.4 Å². The molecule has 0 saturated heterocycles. The Bertz CT molecular complexity index is 693. The molecular weight excluding hydrogens is 340 g/mol. The normalized spacial score (nSPS) is 11.9. The lowest BCUT2D eigenvalue weighted by Crippen LogP contribution is -2.43. The molecule has 0 aliphatic carbocycles. The second-order valence-corrected chi connectivity index (χ2v) is 6.60. The molecule has 0 aliphatic rings. The van der Waals surface area contributed by atoms with Gasteiger partial charge >= 0.3 is 11.9 Å². The monoisotopic (exact) mass is 364 g/mol. The Labute approximate surface area is 152 Å². The average Bonchev–Trinajstić information content (AvgIpc) is 2.51.